The van der Waals surface area contributed by atoms with E-state index in [2.05, 4.69) is 5.32 Å². The van der Waals surface area contributed by atoms with Crippen LogP contribution in [0.1, 0.15) is 5.56 Å². The standard InChI is InChI=1S/C21H22FN3O2/c1-24(2)12-13-25-11-10-16-17(21(25)27)7-5-9-19(16)23-20(26)14-15-6-3-4-8-18(15)22/h3-11H,12-14H2,1-2H3,(H,23,26). The van der Waals surface area contributed by atoms with Crippen molar-refractivity contribution in [1.82, 2.24) is 9.47 Å². The molecule has 1 amide bonds. The van der Waals surface area contributed by atoms with E-state index < -0.39 is 5.82 Å². The van der Waals surface area contributed by atoms with Crippen LogP contribution in [0.3, 0.4) is 0 Å². The van der Waals surface area contributed by atoms with E-state index in [1.165, 1.54) is 6.07 Å². The van der Waals surface area contributed by atoms with Crippen molar-refractivity contribution in [1.29, 1.82) is 0 Å². The molecule has 1 aromatic heterocycles. The van der Waals surface area contributed by atoms with Crippen LogP contribution >= 0.6 is 0 Å². The zero-order valence-corrected chi connectivity index (χ0v) is 15.4. The lowest BCUT2D eigenvalue weighted by Crippen LogP contribution is -2.26. The fourth-order valence-electron chi connectivity index (χ4n) is 2.92. The number of nitrogens with zero attached hydrogens (tertiary/aromatic N) is 2. The molecule has 0 fully saturated rings. The van der Waals surface area contributed by atoms with Crippen molar-refractivity contribution in [2.45, 2.75) is 13.0 Å². The number of hydrogen-bond acceptors (Lipinski definition) is 3. The maximum Gasteiger partial charge on any atom is 0.258 e. The molecule has 27 heavy (non-hydrogen) atoms. The summed E-state index contributed by atoms with van der Waals surface area (Å²) in [6, 6.07) is 13.2. The van der Waals surface area contributed by atoms with E-state index in [0.29, 0.717) is 28.6 Å². The molecule has 0 spiro atoms. The third-order valence-corrected chi connectivity index (χ3v) is 4.39. The van der Waals surface area contributed by atoms with Gasteiger partial charge in [0.05, 0.1) is 6.42 Å². The first-order valence-corrected chi connectivity index (χ1v) is 8.76. The van der Waals surface area contributed by atoms with E-state index in [-0.39, 0.29) is 17.9 Å². The van der Waals surface area contributed by atoms with Crippen molar-refractivity contribution in [3.8, 4) is 0 Å². The molecule has 140 valence electrons. The van der Waals surface area contributed by atoms with Crippen LogP contribution < -0.4 is 10.9 Å². The van der Waals surface area contributed by atoms with Gasteiger partial charge in [0, 0.05) is 35.7 Å². The zero-order valence-electron chi connectivity index (χ0n) is 15.4. The summed E-state index contributed by atoms with van der Waals surface area (Å²) >= 11 is 0. The van der Waals surface area contributed by atoms with Crippen molar-refractivity contribution in [2.75, 3.05) is 26.0 Å². The highest BCUT2D eigenvalue weighted by Crippen LogP contribution is 2.21. The quantitative estimate of drug-likeness (QED) is 0.729. The number of amides is 1. The van der Waals surface area contributed by atoms with Crippen LogP contribution in [0.5, 0.6) is 0 Å². The summed E-state index contributed by atoms with van der Waals surface area (Å²) in [5.41, 5.74) is 0.784. The number of aromatic nitrogens is 1. The number of rotatable bonds is 6. The smallest absolute Gasteiger partial charge is 0.258 e. The van der Waals surface area contributed by atoms with Crippen LogP contribution in [-0.2, 0) is 17.8 Å². The average molecular weight is 367 g/mol. The Balaban J connectivity index is 1.85. The van der Waals surface area contributed by atoms with E-state index in [1.54, 1.807) is 47.2 Å². The lowest BCUT2D eigenvalue weighted by atomic mass is 10.1. The Morgan fingerprint density at radius 2 is 1.85 bits per heavy atom. The average Bonchev–Trinajstić information content (AvgIpc) is 2.63. The van der Waals surface area contributed by atoms with Gasteiger partial charge in [-0.3, -0.25) is 9.59 Å². The van der Waals surface area contributed by atoms with Gasteiger partial charge >= 0.3 is 0 Å². The third-order valence-electron chi connectivity index (χ3n) is 4.39. The Kier molecular flexibility index (Phi) is 5.66. The number of pyridine rings is 1. The van der Waals surface area contributed by atoms with Crippen LogP contribution in [0.25, 0.3) is 10.8 Å². The number of carbonyl (C=O) groups is 1. The molecule has 0 aliphatic heterocycles. The molecule has 0 unspecified atom stereocenters. The highest BCUT2D eigenvalue weighted by Gasteiger charge is 2.11. The van der Waals surface area contributed by atoms with Gasteiger partial charge in [-0.05, 0) is 43.9 Å². The lowest BCUT2D eigenvalue weighted by molar-refractivity contribution is -0.115. The molecule has 0 aliphatic carbocycles. The van der Waals surface area contributed by atoms with E-state index >= 15 is 0 Å². The Bertz CT molecular complexity index is 1030. The van der Waals surface area contributed by atoms with Crippen LogP contribution in [0.2, 0.25) is 0 Å². The SMILES string of the molecule is CN(C)CCn1ccc2c(NC(=O)Cc3ccccc3F)cccc2c1=O. The van der Waals surface area contributed by atoms with Crippen molar-refractivity contribution in [3.63, 3.8) is 0 Å². The summed E-state index contributed by atoms with van der Waals surface area (Å²) in [5, 5.41) is 4.01. The van der Waals surface area contributed by atoms with E-state index in [0.717, 1.165) is 6.54 Å². The predicted molar refractivity (Wildman–Crippen MR) is 105 cm³/mol. The minimum absolute atomic E-state index is 0.0665. The molecule has 2 aromatic carbocycles. The first kappa shape index (κ1) is 18.8. The highest BCUT2D eigenvalue weighted by atomic mass is 19.1. The summed E-state index contributed by atoms with van der Waals surface area (Å²) in [6.07, 6.45) is 1.67. The minimum Gasteiger partial charge on any atom is -0.325 e. The molecule has 5 nitrogen and oxygen atoms in total. The van der Waals surface area contributed by atoms with Gasteiger partial charge in [0.25, 0.3) is 5.56 Å². The summed E-state index contributed by atoms with van der Waals surface area (Å²) < 4.78 is 15.4. The Morgan fingerprint density at radius 1 is 1.07 bits per heavy atom. The molecule has 0 saturated carbocycles. The first-order chi connectivity index (χ1) is 13.0. The van der Waals surface area contributed by atoms with Gasteiger partial charge in [-0.2, -0.15) is 0 Å². The van der Waals surface area contributed by atoms with E-state index in [1.807, 2.05) is 25.1 Å². The van der Waals surface area contributed by atoms with Gasteiger partial charge in [0.1, 0.15) is 5.82 Å². The zero-order chi connectivity index (χ0) is 19.4. The number of nitrogens with one attached hydrogen (secondary N) is 1. The molecule has 3 aromatic rings. The number of hydrogen-bond donors (Lipinski definition) is 1. The highest BCUT2D eigenvalue weighted by molar-refractivity contribution is 6.02. The van der Waals surface area contributed by atoms with Gasteiger partial charge in [-0.15, -0.1) is 0 Å². The monoisotopic (exact) mass is 367 g/mol. The Hall–Kier alpha value is -2.99. The predicted octanol–water partition coefficient (Wildman–Crippen LogP) is 2.88. The molecule has 0 aliphatic rings. The number of benzene rings is 2. The normalized spacial score (nSPS) is 11.1. The lowest BCUT2D eigenvalue weighted by Gasteiger charge is -2.13. The fourth-order valence-corrected chi connectivity index (χ4v) is 2.92. The molecule has 3 rings (SSSR count). The fraction of sp³-hybridized carbons (Fsp3) is 0.238. The van der Waals surface area contributed by atoms with Gasteiger partial charge in [-0.1, -0.05) is 24.3 Å². The molecule has 1 N–H and O–H groups in total. The minimum atomic E-state index is -0.408. The summed E-state index contributed by atoms with van der Waals surface area (Å²) in [6.45, 7) is 1.34. The largest absolute Gasteiger partial charge is 0.325 e. The van der Waals surface area contributed by atoms with Crippen molar-refractivity contribution in [2.24, 2.45) is 0 Å². The summed E-state index contributed by atoms with van der Waals surface area (Å²) in [5.74, 6) is -0.737. The first-order valence-electron chi connectivity index (χ1n) is 8.76. The third kappa shape index (κ3) is 4.41. The second-order valence-electron chi connectivity index (χ2n) is 6.70. The van der Waals surface area contributed by atoms with Crippen molar-refractivity contribution in [3.05, 3.63) is 76.5 Å². The molecular weight excluding hydrogens is 345 g/mol. The molecule has 0 radical (unpaired) electrons. The van der Waals surface area contributed by atoms with Gasteiger partial charge in [0.2, 0.25) is 5.91 Å². The Morgan fingerprint density at radius 3 is 2.59 bits per heavy atom. The van der Waals surface area contributed by atoms with E-state index in [4.69, 9.17) is 0 Å². The van der Waals surface area contributed by atoms with Gasteiger partial charge < -0.3 is 14.8 Å². The Labute approximate surface area is 157 Å². The summed E-state index contributed by atoms with van der Waals surface area (Å²) in [4.78, 5) is 27.0. The van der Waals surface area contributed by atoms with Crippen LogP contribution in [0, 0.1) is 5.82 Å². The number of likely N-dealkylation sites (N-methyl/N-ethyl adjacent to an activating group) is 1. The van der Waals surface area contributed by atoms with Crippen molar-refractivity contribution < 1.29 is 9.18 Å². The van der Waals surface area contributed by atoms with Crippen LogP contribution in [0.4, 0.5) is 10.1 Å². The maximum absolute atomic E-state index is 13.7. The van der Waals surface area contributed by atoms with E-state index in [9.17, 15) is 14.0 Å². The number of halogens is 1. The molecule has 6 heteroatoms. The van der Waals surface area contributed by atoms with Crippen LogP contribution in [-0.4, -0.2) is 36.0 Å². The summed E-state index contributed by atoms with van der Waals surface area (Å²) in [7, 11) is 3.91. The topological polar surface area (TPSA) is 54.3 Å². The molecule has 0 saturated heterocycles. The molecule has 0 bridgehead atoms. The number of carbonyl (C=O) groups excluding carboxylic acids is 1. The van der Waals surface area contributed by atoms with Crippen molar-refractivity contribution >= 4 is 22.4 Å². The number of fused-ring (bicyclic) bond motifs is 1. The van der Waals surface area contributed by atoms with Gasteiger partial charge in [0.15, 0.2) is 0 Å². The second kappa shape index (κ2) is 8.14. The molecular formula is C21H22FN3O2. The molecule has 0 atom stereocenters. The van der Waals surface area contributed by atoms with Gasteiger partial charge in [-0.25, -0.2) is 4.39 Å². The molecule has 1 heterocycles. The van der Waals surface area contributed by atoms with Crippen LogP contribution in [0.15, 0.2) is 59.5 Å². The maximum atomic E-state index is 13.7. The second-order valence-corrected chi connectivity index (χ2v) is 6.70. The number of anilines is 1.